The predicted molar refractivity (Wildman–Crippen MR) is 109 cm³/mol. The first-order chi connectivity index (χ1) is 14.2. The van der Waals surface area contributed by atoms with Crippen LogP contribution in [0, 0.1) is 6.92 Å². The molecule has 2 aromatic carbocycles. The lowest BCUT2D eigenvalue weighted by atomic mass is 10.1. The molecule has 1 saturated heterocycles. The molecule has 150 valence electrons. The molecule has 3 aromatic rings. The molecular weight excluding hydrogens is 368 g/mol. The van der Waals surface area contributed by atoms with Gasteiger partial charge in [0.1, 0.15) is 0 Å². The number of carbonyl (C=O) groups is 1. The van der Waals surface area contributed by atoms with Gasteiger partial charge in [-0.15, -0.1) is 0 Å². The third-order valence-electron chi connectivity index (χ3n) is 4.86. The minimum absolute atomic E-state index is 0.122. The van der Waals surface area contributed by atoms with Gasteiger partial charge in [-0.25, -0.2) is 0 Å². The van der Waals surface area contributed by atoms with Gasteiger partial charge in [-0.3, -0.25) is 9.69 Å². The number of carbonyl (C=O) groups excluding carboxylic acids is 1. The summed E-state index contributed by atoms with van der Waals surface area (Å²) in [4.78, 5) is 19.1. The smallest absolute Gasteiger partial charge is 0.255 e. The number of ether oxygens (including phenoxy) is 1. The van der Waals surface area contributed by atoms with Crippen LogP contribution in [0.2, 0.25) is 0 Å². The van der Waals surface area contributed by atoms with E-state index in [2.05, 4.69) is 20.4 Å². The van der Waals surface area contributed by atoms with E-state index in [9.17, 15) is 4.79 Å². The fraction of sp³-hybridized carbons (Fsp3) is 0.318. The Labute approximate surface area is 169 Å². The van der Waals surface area contributed by atoms with E-state index in [1.807, 2.05) is 48.5 Å². The van der Waals surface area contributed by atoms with Crippen LogP contribution in [0.25, 0.3) is 0 Å². The largest absolute Gasteiger partial charge is 0.379 e. The number of nitrogens with zero attached hydrogens (tertiary/aromatic N) is 3. The maximum atomic E-state index is 12.5. The first kappa shape index (κ1) is 19.3. The van der Waals surface area contributed by atoms with Crippen LogP contribution in [-0.4, -0.2) is 47.3 Å². The summed E-state index contributed by atoms with van der Waals surface area (Å²) in [7, 11) is 0. The van der Waals surface area contributed by atoms with E-state index in [-0.39, 0.29) is 5.91 Å². The van der Waals surface area contributed by atoms with Gasteiger partial charge in [-0.2, -0.15) is 4.98 Å². The Balaban J connectivity index is 1.32. The van der Waals surface area contributed by atoms with E-state index >= 15 is 0 Å². The number of benzene rings is 2. The Morgan fingerprint density at radius 3 is 2.38 bits per heavy atom. The van der Waals surface area contributed by atoms with Crippen LogP contribution in [0.15, 0.2) is 53.1 Å². The fourth-order valence-electron chi connectivity index (χ4n) is 3.27. The number of nitrogens with one attached hydrogen (secondary N) is 1. The fourth-order valence-corrected chi connectivity index (χ4v) is 3.27. The summed E-state index contributed by atoms with van der Waals surface area (Å²) in [5.41, 5.74) is 3.63. The maximum Gasteiger partial charge on any atom is 0.255 e. The molecule has 1 aliphatic rings. The topological polar surface area (TPSA) is 80.5 Å². The van der Waals surface area contributed by atoms with Gasteiger partial charge < -0.3 is 14.6 Å². The number of hydrogen-bond acceptors (Lipinski definition) is 6. The van der Waals surface area contributed by atoms with E-state index in [0.29, 0.717) is 23.7 Å². The highest BCUT2D eigenvalue weighted by molar-refractivity contribution is 6.04. The maximum absolute atomic E-state index is 12.5. The van der Waals surface area contributed by atoms with E-state index in [1.165, 1.54) is 5.56 Å². The Bertz CT molecular complexity index is 945. The third kappa shape index (κ3) is 5.28. The molecular formula is C22H24N4O3. The van der Waals surface area contributed by atoms with Crippen molar-refractivity contribution in [2.45, 2.75) is 19.9 Å². The van der Waals surface area contributed by atoms with Gasteiger partial charge in [-0.05, 0) is 42.3 Å². The van der Waals surface area contributed by atoms with Gasteiger partial charge in [0.2, 0.25) is 5.89 Å². The number of anilines is 1. The summed E-state index contributed by atoms with van der Waals surface area (Å²) in [6.07, 6.45) is 0.569. The van der Waals surface area contributed by atoms with E-state index in [4.69, 9.17) is 9.26 Å². The minimum atomic E-state index is -0.122. The Kier molecular flexibility index (Phi) is 5.97. The van der Waals surface area contributed by atoms with Crippen LogP contribution in [0.5, 0.6) is 0 Å². The highest BCUT2D eigenvalue weighted by Crippen LogP contribution is 2.15. The summed E-state index contributed by atoms with van der Waals surface area (Å²) in [6, 6.07) is 15.4. The van der Waals surface area contributed by atoms with Gasteiger partial charge in [0.05, 0.1) is 19.6 Å². The number of aryl methyl sites for hydroxylation is 1. The summed E-state index contributed by atoms with van der Waals surface area (Å²) in [6.45, 7) is 6.14. The third-order valence-corrected chi connectivity index (χ3v) is 4.86. The zero-order valence-electron chi connectivity index (χ0n) is 16.4. The standard InChI is InChI=1S/C22H24N4O3/c1-16-23-21(29-25-16)14-17-4-8-20(9-5-17)24-22(27)19-6-2-18(3-7-19)15-26-10-12-28-13-11-26/h2-9H,10-15H2,1H3,(H,24,27). The minimum Gasteiger partial charge on any atom is -0.379 e. The average molecular weight is 392 g/mol. The molecule has 1 N–H and O–H groups in total. The van der Waals surface area contributed by atoms with Gasteiger partial charge in [0.15, 0.2) is 5.82 Å². The Morgan fingerprint density at radius 2 is 1.72 bits per heavy atom. The number of amides is 1. The summed E-state index contributed by atoms with van der Waals surface area (Å²) in [5.74, 6) is 1.08. The normalized spacial score (nSPS) is 14.7. The van der Waals surface area contributed by atoms with Crippen molar-refractivity contribution in [3.8, 4) is 0 Å². The predicted octanol–water partition coefficient (Wildman–Crippen LogP) is 3.05. The molecule has 0 unspecified atom stereocenters. The van der Waals surface area contributed by atoms with Crippen molar-refractivity contribution in [1.29, 1.82) is 0 Å². The Morgan fingerprint density at radius 1 is 1.03 bits per heavy atom. The van der Waals surface area contributed by atoms with Crippen molar-refractivity contribution < 1.29 is 14.1 Å². The molecule has 0 radical (unpaired) electrons. The van der Waals surface area contributed by atoms with Crippen LogP contribution in [0.3, 0.4) is 0 Å². The molecule has 1 aliphatic heterocycles. The first-order valence-electron chi connectivity index (χ1n) is 9.74. The number of morpholine rings is 1. The summed E-state index contributed by atoms with van der Waals surface area (Å²) < 4.78 is 10.5. The van der Waals surface area contributed by atoms with E-state index in [1.54, 1.807) is 6.92 Å². The van der Waals surface area contributed by atoms with Gasteiger partial charge >= 0.3 is 0 Å². The molecule has 0 atom stereocenters. The molecule has 2 heterocycles. The lowest BCUT2D eigenvalue weighted by molar-refractivity contribution is 0.0342. The second-order valence-electron chi connectivity index (χ2n) is 7.15. The lowest BCUT2D eigenvalue weighted by Gasteiger charge is -2.26. The SMILES string of the molecule is Cc1noc(Cc2ccc(NC(=O)c3ccc(CN4CCOCC4)cc3)cc2)n1. The van der Waals surface area contributed by atoms with Crippen LogP contribution >= 0.6 is 0 Å². The molecule has 1 aromatic heterocycles. The van der Waals surface area contributed by atoms with E-state index < -0.39 is 0 Å². The quantitative estimate of drug-likeness (QED) is 0.694. The number of rotatable bonds is 6. The van der Waals surface area contributed by atoms with Crippen molar-refractivity contribution in [1.82, 2.24) is 15.0 Å². The van der Waals surface area contributed by atoms with Gasteiger partial charge in [0.25, 0.3) is 5.91 Å². The zero-order valence-corrected chi connectivity index (χ0v) is 16.4. The first-order valence-corrected chi connectivity index (χ1v) is 9.74. The highest BCUT2D eigenvalue weighted by atomic mass is 16.5. The van der Waals surface area contributed by atoms with Crippen LogP contribution in [0.4, 0.5) is 5.69 Å². The van der Waals surface area contributed by atoms with Crippen LogP contribution < -0.4 is 5.32 Å². The van der Waals surface area contributed by atoms with Crippen LogP contribution in [-0.2, 0) is 17.7 Å². The van der Waals surface area contributed by atoms with Crippen molar-refractivity contribution in [3.05, 3.63) is 76.9 Å². The van der Waals surface area contributed by atoms with Crippen molar-refractivity contribution >= 4 is 11.6 Å². The summed E-state index contributed by atoms with van der Waals surface area (Å²) >= 11 is 0. The zero-order chi connectivity index (χ0) is 20.1. The molecule has 0 spiro atoms. The van der Waals surface area contributed by atoms with Gasteiger partial charge in [0, 0.05) is 30.9 Å². The number of aromatic nitrogens is 2. The molecule has 1 fully saturated rings. The average Bonchev–Trinajstić information content (AvgIpc) is 3.15. The molecule has 7 nitrogen and oxygen atoms in total. The number of hydrogen-bond donors (Lipinski definition) is 1. The molecule has 0 saturated carbocycles. The molecule has 7 heteroatoms. The molecule has 4 rings (SSSR count). The van der Waals surface area contributed by atoms with Crippen molar-refractivity contribution in [2.75, 3.05) is 31.6 Å². The molecule has 1 amide bonds. The monoisotopic (exact) mass is 392 g/mol. The van der Waals surface area contributed by atoms with E-state index in [0.717, 1.165) is 44.1 Å². The lowest BCUT2D eigenvalue weighted by Crippen LogP contribution is -2.35. The molecule has 0 bridgehead atoms. The van der Waals surface area contributed by atoms with Crippen molar-refractivity contribution in [3.63, 3.8) is 0 Å². The highest BCUT2D eigenvalue weighted by Gasteiger charge is 2.12. The summed E-state index contributed by atoms with van der Waals surface area (Å²) in [5, 5.41) is 6.73. The van der Waals surface area contributed by atoms with Crippen molar-refractivity contribution in [2.24, 2.45) is 0 Å². The second-order valence-corrected chi connectivity index (χ2v) is 7.15. The molecule has 0 aliphatic carbocycles. The Hall–Kier alpha value is -3.03. The van der Waals surface area contributed by atoms with Crippen LogP contribution in [0.1, 0.15) is 33.2 Å². The second kappa shape index (κ2) is 8.98. The van der Waals surface area contributed by atoms with Gasteiger partial charge in [-0.1, -0.05) is 29.4 Å². The molecule has 29 heavy (non-hydrogen) atoms.